The first-order valence-corrected chi connectivity index (χ1v) is 7.99. The van der Waals surface area contributed by atoms with E-state index in [9.17, 15) is 4.79 Å². The van der Waals surface area contributed by atoms with Crippen LogP contribution in [-0.2, 0) is 0 Å². The summed E-state index contributed by atoms with van der Waals surface area (Å²) >= 11 is 0. The maximum atomic E-state index is 10.9. The summed E-state index contributed by atoms with van der Waals surface area (Å²) in [5.74, 6) is -0.950. The summed E-state index contributed by atoms with van der Waals surface area (Å²) in [6, 6.07) is 26.0. The quantitative estimate of drug-likeness (QED) is 0.291. The lowest BCUT2D eigenvalue weighted by molar-refractivity contribution is -0.402. The van der Waals surface area contributed by atoms with Crippen molar-refractivity contribution in [2.24, 2.45) is 5.22 Å². The highest BCUT2D eigenvalue weighted by atomic mass is 16.9. The van der Waals surface area contributed by atoms with Gasteiger partial charge in [-0.05, 0) is 48.5 Å². The number of carboxylic acid groups (broad SMARTS) is 1. The second kappa shape index (κ2) is 10.0. The van der Waals surface area contributed by atoms with Crippen LogP contribution in [0.4, 0.5) is 17.1 Å². The molecule has 142 valence electrons. The molecule has 0 bridgehead atoms. The summed E-state index contributed by atoms with van der Waals surface area (Å²) in [4.78, 5) is 19.1. The molecule has 2 N–H and O–H groups in total. The number of carboxylic acids is 1. The number of hydrogen-bond donors (Lipinski definition) is 2. The molecule has 0 heterocycles. The van der Waals surface area contributed by atoms with Crippen molar-refractivity contribution >= 4 is 23.0 Å². The van der Waals surface area contributed by atoms with Gasteiger partial charge in [0.2, 0.25) is 0 Å². The van der Waals surface area contributed by atoms with Crippen molar-refractivity contribution in [3.05, 3.63) is 106 Å². The van der Waals surface area contributed by atoms with Crippen LogP contribution in [0, 0.1) is 15.3 Å². The number of nitrogens with zero attached hydrogens (tertiary/aromatic N) is 3. The van der Waals surface area contributed by atoms with Crippen LogP contribution in [0.15, 0.2) is 90.2 Å². The third-order valence-corrected chi connectivity index (χ3v) is 3.41. The van der Waals surface area contributed by atoms with E-state index in [1.165, 1.54) is 12.1 Å². The molecule has 0 aliphatic heterocycles. The highest BCUT2D eigenvalue weighted by molar-refractivity contribution is 5.87. The Labute approximate surface area is 159 Å². The molecule has 0 spiro atoms. The fraction of sp³-hybridized carbons (Fsp3) is 0. The topological polar surface area (TPSA) is 131 Å². The summed E-state index contributed by atoms with van der Waals surface area (Å²) in [6.07, 6.45) is 0. The van der Waals surface area contributed by atoms with Gasteiger partial charge in [0.1, 0.15) is 5.69 Å². The first-order valence-electron chi connectivity index (χ1n) is 7.99. The Kier molecular flexibility index (Phi) is 7.17. The van der Waals surface area contributed by atoms with Gasteiger partial charge in [0.15, 0.2) is 11.4 Å². The summed E-state index contributed by atoms with van der Waals surface area (Å²) in [5.41, 5.74) is 5.74. The van der Waals surface area contributed by atoms with E-state index in [1.54, 1.807) is 16.8 Å². The van der Waals surface area contributed by atoms with E-state index in [2.05, 4.69) is 10.6 Å². The molecule has 3 rings (SSSR count). The van der Waals surface area contributed by atoms with E-state index in [0.29, 0.717) is 5.69 Å². The molecule has 0 aliphatic carbocycles. The Bertz CT molecular complexity index is 900. The van der Waals surface area contributed by atoms with Crippen molar-refractivity contribution < 1.29 is 15.0 Å². The number of nitrogens with one attached hydrogen (secondary N) is 1. The highest BCUT2D eigenvalue weighted by Gasteiger charge is 2.10. The van der Waals surface area contributed by atoms with Gasteiger partial charge >= 0.3 is 5.97 Å². The van der Waals surface area contributed by atoms with E-state index in [0.717, 1.165) is 11.4 Å². The molecule has 28 heavy (non-hydrogen) atoms. The Morgan fingerprint density at radius 1 is 0.821 bits per heavy atom. The van der Waals surface area contributed by atoms with Crippen molar-refractivity contribution in [2.75, 3.05) is 5.43 Å². The monoisotopic (exact) mass is 380 g/mol. The average molecular weight is 380 g/mol. The standard InChI is InChI=1S/C19H15N3O2.NO3/c23-19(24)15-11-13-16(14-12-15)20-21-22(17-7-3-1-4-8-17)18-9-5-2-6-10-18;2-1(3)4/h1-14H,(H,23,24);/q;-1/p+1. The molecule has 0 aliphatic rings. The summed E-state index contributed by atoms with van der Waals surface area (Å²) in [6.45, 7) is 0. The molecule has 0 radical (unpaired) electrons. The minimum absolute atomic E-state index is 0.239. The number of hydrogen-bond acceptors (Lipinski definition) is 5. The third kappa shape index (κ3) is 6.23. The molecule has 3 aromatic carbocycles. The van der Waals surface area contributed by atoms with Gasteiger partial charge in [-0.15, -0.1) is 5.43 Å². The number of anilines is 1. The number of carbonyl (C=O) groups is 1. The largest absolute Gasteiger partial charge is 0.478 e. The van der Waals surface area contributed by atoms with Crippen molar-refractivity contribution in [1.29, 1.82) is 0 Å². The lowest BCUT2D eigenvalue weighted by atomic mass is 10.2. The second-order valence-electron chi connectivity index (χ2n) is 5.30. The van der Waals surface area contributed by atoms with Crippen molar-refractivity contribution in [3.63, 3.8) is 0 Å². The van der Waals surface area contributed by atoms with Crippen molar-refractivity contribution in [1.82, 2.24) is 4.70 Å². The zero-order valence-corrected chi connectivity index (χ0v) is 14.5. The minimum Gasteiger partial charge on any atom is -0.478 e. The van der Waals surface area contributed by atoms with Crippen molar-refractivity contribution in [3.8, 4) is 0 Å². The fourth-order valence-corrected chi connectivity index (χ4v) is 2.20. The fourth-order valence-electron chi connectivity index (χ4n) is 2.20. The molecule has 0 amide bonds. The van der Waals surface area contributed by atoms with E-state index in [1.807, 2.05) is 60.7 Å². The number of benzene rings is 3. The van der Waals surface area contributed by atoms with Crippen LogP contribution >= 0.6 is 0 Å². The predicted molar refractivity (Wildman–Crippen MR) is 104 cm³/mol. The van der Waals surface area contributed by atoms with Crippen LogP contribution < -0.4 is 10.1 Å². The van der Waals surface area contributed by atoms with E-state index >= 15 is 0 Å². The Morgan fingerprint density at radius 3 is 1.64 bits per heavy atom. The molecule has 9 heteroatoms. The Morgan fingerprint density at radius 2 is 1.25 bits per heavy atom. The van der Waals surface area contributed by atoms with Gasteiger partial charge in [-0.25, -0.2) is 4.79 Å². The zero-order valence-electron chi connectivity index (χ0n) is 14.5. The lowest BCUT2D eigenvalue weighted by Gasteiger charge is -2.04. The lowest BCUT2D eigenvalue weighted by Crippen LogP contribution is -2.05. The van der Waals surface area contributed by atoms with Gasteiger partial charge in [-0.2, -0.15) is 0 Å². The van der Waals surface area contributed by atoms with Crippen LogP contribution in [0.25, 0.3) is 0 Å². The molecule has 0 atom stereocenters. The predicted octanol–water partition coefficient (Wildman–Crippen LogP) is 4.46. The van der Waals surface area contributed by atoms with Crippen LogP contribution in [0.2, 0.25) is 0 Å². The smallest absolute Gasteiger partial charge is 0.335 e. The Balaban J connectivity index is 0.000000640. The molecule has 9 nitrogen and oxygen atoms in total. The molecule has 0 unspecified atom stereocenters. The summed E-state index contributed by atoms with van der Waals surface area (Å²) in [5, 5.41) is 28.1. The van der Waals surface area contributed by atoms with Gasteiger partial charge in [-0.1, -0.05) is 41.1 Å². The first-order chi connectivity index (χ1) is 13.5. The molecule has 0 saturated heterocycles. The van der Waals surface area contributed by atoms with E-state index in [-0.39, 0.29) is 5.56 Å². The number of para-hydroxylation sites is 2. The van der Waals surface area contributed by atoms with Crippen LogP contribution in [0.5, 0.6) is 0 Å². The maximum Gasteiger partial charge on any atom is 0.335 e. The molecular formula is C19H16N4O5. The van der Waals surface area contributed by atoms with Gasteiger partial charge in [0.05, 0.1) is 15.9 Å². The molecule has 0 saturated carbocycles. The zero-order chi connectivity index (χ0) is 20.4. The maximum absolute atomic E-state index is 10.9. The Hall–Kier alpha value is -4.27. The minimum atomic E-state index is -1.75. The SMILES string of the molecule is O=C(O)c1ccc(NN=[N+](c2ccccc2)c2ccccc2)cc1.O=[N+]([O-])[O-]. The van der Waals surface area contributed by atoms with Gasteiger partial charge in [0.25, 0.3) is 0 Å². The summed E-state index contributed by atoms with van der Waals surface area (Å²) < 4.78 is 1.78. The molecule has 0 fully saturated rings. The first kappa shape index (κ1) is 20.0. The van der Waals surface area contributed by atoms with E-state index < -0.39 is 11.1 Å². The van der Waals surface area contributed by atoms with Crippen LogP contribution in [0.3, 0.4) is 0 Å². The van der Waals surface area contributed by atoms with Gasteiger partial charge in [0, 0.05) is 0 Å². The number of rotatable bonds is 5. The number of aromatic carboxylic acids is 1. The van der Waals surface area contributed by atoms with Crippen LogP contribution in [0.1, 0.15) is 10.4 Å². The van der Waals surface area contributed by atoms with Crippen LogP contribution in [-0.4, -0.2) is 16.2 Å². The average Bonchev–Trinajstić information content (AvgIpc) is 2.70. The molecule has 3 aromatic rings. The van der Waals surface area contributed by atoms with Gasteiger partial charge < -0.3 is 20.4 Å². The third-order valence-electron chi connectivity index (χ3n) is 3.41. The normalized spacial score (nSPS) is 9.43. The van der Waals surface area contributed by atoms with E-state index in [4.69, 9.17) is 20.4 Å². The molecular weight excluding hydrogens is 364 g/mol. The van der Waals surface area contributed by atoms with Crippen molar-refractivity contribution in [2.45, 2.75) is 0 Å². The summed E-state index contributed by atoms with van der Waals surface area (Å²) in [7, 11) is 0. The molecule has 0 aromatic heterocycles. The van der Waals surface area contributed by atoms with Gasteiger partial charge in [-0.3, -0.25) is 0 Å². The highest BCUT2D eigenvalue weighted by Crippen LogP contribution is 2.21. The second-order valence-corrected chi connectivity index (χ2v) is 5.30.